The molecular formula is C16H21N3O. The maximum atomic E-state index is 5.30. The van der Waals surface area contributed by atoms with Crippen molar-refractivity contribution in [1.29, 1.82) is 0 Å². The van der Waals surface area contributed by atoms with E-state index in [0.717, 1.165) is 30.2 Å². The Morgan fingerprint density at radius 1 is 1.35 bits per heavy atom. The average molecular weight is 271 g/mol. The Hall–Kier alpha value is -1.81. The van der Waals surface area contributed by atoms with E-state index in [4.69, 9.17) is 9.84 Å². The Balaban J connectivity index is 2.03. The molecule has 106 valence electrons. The number of aryl methyl sites for hydroxylation is 1. The van der Waals surface area contributed by atoms with Gasteiger partial charge in [0.2, 0.25) is 0 Å². The second-order valence-electron chi connectivity index (χ2n) is 5.39. The molecule has 3 rings (SSSR count). The number of rotatable bonds is 3. The highest BCUT2D eigenvalue weighted by atomic mass is 16.5. The van der Waals surface area contributed by atoms with Crippen molar-refractivity contribution in [2.24, 2.45) is 0 Å². The van der Waals surface area contributed by atoms with E-state index in [2.05, 4.69) is 25.2 Å². The smallest absolute Gasteiger partial charge is 0.121 e. The van der Waals surface area contributed by atoms with Crippen LogP contribution < -0.4 is 10.1 Å². The molecule has 20 heavy (non-hydrogen) atoms. The van der Waals surface area contributed by atoms with Crippen molar-refractivity contribution in [3.63, 3.8) is 0 Å². The van der Waals surface area contributed by atoms with Crippen LogP contribution in [-0.2, 0) is 0 Å². The van der Waals surface area contributed by atoms with Crippen molar-refractivity contribution in [3.8, 4) is 11.4 Å². The molecule has 0 spiro atoms. The van der Waals surface area contributed by atoms with Gasteiger partial charge in [0.15, 0.2) is 0 Å². The van der Waals surface area contributed by atoms with Gasteiger partial charge < -0.3 is 10.1 Å². The van der Waals surface area contributed by atoms with Crippen molar-refractivity contribution in [2.45, 2.75) is 26.2 Å². The maximum Gasteiger partial charge on any atom is 0.121 e. The fourth-order valence-electron chi connectivity index (χ4n) is 3.14. The second kappa shape index (κ2) is 5.29. The maximum absolute atomic E-state index is 5.30. The molecule has 0 radical (unpaired) electrons. The van der Waals surface area contributed by atoms with E-state index in [-0.39, 0.29) is 0 Å². The predicted octanol–water partition coefficient (Wildman–Crippen LogP) is 2.57. The molecule has 0 saturated carbocycles. The van der Waals surface area contributed by atoms with Crippen LogP contribution in [0.5, 0.6) is 5.75 Å². The summed E-state index contributed by atoms with van der Waals surface area (Å²) in [4.78, 5) is 0. The molecule has 0 bridgehead atoms. The van der Waals surface area contributed by atoms with Crippen molar-refractivity contribution in [1.82, 2.24) is 15.1 Å². The molecule has 2 heterocycles. The summed E-state index contributed by atoms with van der Waals surface area (Å²) in [5.41, 5.74) is 4.84. The van der Waals surface area contributed by atoms with Gasteiger partial charge in [-0.25, -0.2) is 4.68 Å². The number of nitrogens with one attached hydrogen (secondary N) is 1. The van der Waals surface area contributed by atoms with E-state index in [1.165, 1.54) is 17.7 Å². The summed E-state index contributed by atoms with van der Waals surface area (Å²) < 4.78 is 7.34. The summed E-state index contributed by atoms with van der Waals surface area (Å²) in [6.07, 6.45) is 1.20. The molecule has 0 amide bonds. The second-order valence-corrected chi connectivity index (χ2v) is 5.39. The minimum atomic E-state index is 0.592. The first-order valence-corrected chi connectivity index (χ1v) is 7.12. The van der Waals surface area contributed by atoms with Gasteiger partial charge >= 0.3 is 0 Å². The van der Waals surface area contributed by atoms with Gasteiger partial charge in [0.25, 0.3) is 0 Å². The molecule has 4 heteroatoms. The number of hydrogen-bond donors (Lipinski definition) is 1. The highest BCUT2D eigenvalue weighted by Crippen LogP contribution is 2.30. The molecule has 4 nitrogen and oxygen atoms in total. The largest absolute Gasteiger partial charge is 0.497 e. The van der Waals surface area contributed by atoms with Crippen LogP contribution in [0.2, 0.25) is 0 Å². The molecule has 1 atom stereocenters. The Kier molecular flexibility index (Phi) is 3.49. The molecule has 1 N–H and O–H groups in total. The molecular weight excluding hydrogens is 250 g/mol. The van der Waals surface area contributed by atoms with Gasteiger partial charge in [-0.3, -0.25) is 0 Å². The quantitative estimate of drug-likeness (QED) is 0.932. The van der Waals surface area contributed by atoms with Gasteiger partial charge in [0, 0.05) is 29.8 Å². The summed E-state index contributed by atoms with van der Waals surface area (Å²) in [5.74, 6) is 1.45. The van der Waals surface area contributed by atoms with Crippen molar-refractivity contribution < 1.29 is 4.74 Å². The van der Waals surface area contributed by atoms with Crippen LogP contribution in [0.1, 0.15) is 29.3 Å². The van der Waals surface area contributed by atoms with Gasteiger partial charge in [-0.1, -0.05) is 6.07 Å². The Morgan fingerprint density at radius 2 is 2.20 bits per heavy atom. The molecule has 1 saturated heterocycles. The number of ether oxygens (including phenoxy) is 1. The molecule has 1 aromatic carbocycles. The molecule has 1 unspecified atom stereocenters. The first-order valence-electron chi connectivity index (χ1n) is 7.12. The number of aromatic nitrogens is 2. The van der Waals surface area contributed by atoms with Crippen LogP contribution in [0.25, 0.3) is 5.69 Å². The third-order valence-corrected chi connectivity index (χ3v) is 4.11. The fourth-order valence-corrected chi connectivity index (χ4v) is 3.14. The van der Waals surface area contributed by atoms with Crippen LogP contribution >= 0.6 is 0 Å². The van der Waals surface area contributed by atoms with Crippen LogP contribution in [0.4, 0.5) is 0 Å². The van der Waals surface area contributed by atoms with Gasteiger partial charge in [0.1, 0.15) is 5.75 Å². The molecule has 1 aliphatic heterocycles. The number of hydrogen-bond acceptors (Lipinski definition) is 3. The first-order chi connectivity index (χ1) is 9.70. The monoisotopic (exact) mass is 271 g/mol. The van der Waals surface area contributed by atoms with Crippen LogP contribution in [0.3, 0.4) is 0 Å². The number of methoxy groups -OCH3 is 1. The van der Waals surface area contributed by atoms with Crippen LogP contribution in [0, 0.1) is 13.8 Å². The van der Waals surface area contributed by atoms with Gasteiger partial charge in [-0.2, -0.15) is 5.10 Å². The van der Waals surface area contributed by atoms with Crippen molar-refractivity contribution in [3.05, 3.63) is 41.2 Å². The molecule has 1 aromatic heterocycles. The van der Waals surface area contributed by atoms with E-state index in [0.29, 0.717) is 5.92 Å². The minimum Gasteiger partial charge on any atom is -0.497 e. The summed E-state index contributed by atoms with van der Waals surface area (Å²) in [5, 5.41) is 8.17. The zero-order chi connectivity index (χ0) is 14.1. The van der Waals surface area contributed by atoms with E-state index in [1.54, 1.807) is 7.11 Å². The molecule has 1 fully saturated rings. The summed E-state index contributed by atoms with van der Waals surface area (Å²) >= 11 is 0. The lowest BCUT2D eigenvalue weighted by Gasteiger charge is -2.10. The Morgan fingerprint density at radius 3 is 2.90 bits per heavy atom. The lowest BCUT2D eigenvalue weighted by Crippen LogP contribution is -2.09. The minimum absolute atomic E-state index is 0.592. The highest BCUT2D eigenvalue weighted by molar-refractivity contribution is 5.43. The van der Waals surface area contributed by atoms with E-state index in [1.807, 2.05) is 22.9 Å². The van der Waals surface area contributed by atoms with Crippen molar-refractivity contribution in [2.75, 3.05) is 20.2 Å². The fraction of sp³-hybridized carbons (Fsp3) is 0.438. The number of nitrogens with zero attached hydrogens (tertiary/aromatic N) is 2. The first kappa shape index (κ1) is 13.2. The lowest BCUT2D eigenvalue weighted by molar-refractivity contribution is 0.414. The predicted molar refractivity (Wildman–Crippen MR) is 79.8 cm³/mol. The van der Waals surface area contributed by atoms with Crippen molar-refractivity contribution >= 4 is 0 Å². The normalized spacial score (nSPS) is 18.4. The standard InChI is InChI=1S/C16H21N3O/c1-11-16(13-7-8-17-10-13)12(2)19(18-11)14-5-4-6-15(9-14)20-3/h4-6,9,13,17H,7-8,10H2,1-3H3. The van der Waals surface area contributed by atoms with E-state index >= 15 is 0 Å². The average Bonchev–Trinajstić information content (AvgIpc) is 3.07. The van der Waals surface area contributed by atoms with E-state index in [9.17, 15) is 0 Å². The summed E-state index contributed by atoms with van der Waals surface area (Å²) in [6, 6.07) is 8.05. The topological polar surface area (TPSA) is 39.1 Å². The summed E-state index contributed by atoms with van der Waals surface area (Å²) in [7, 11) is 1.69. The zero-order valence-corrected chi connectivity index (χ0v) is 12.3. The summed E-state index contributed by atoms with van der Waals surface area (Å²) in [6.45, 7) is 6.43. The Bertz CT molecular complexity index is 612. The zero-order valence-electron chi connectivity index (χ0n) is 12.3. The number of benzene rings is 1. The van der Waals surface area contributed by atoms with E-state index < -0.39 is 0 Å². The Labute approximate surface area is 119 Å². The van der Waals surface area contributed by atoms with Gasteiger partial charge in [-0.05, 0) is 38.9 Å². The molecule has 0 aliphatic carbocycles. The van der Waals surface area contributed by atoms with Crippen LogP contribution in [-0.4, -0.2) is 30.0 Å². The lowest BCUT2D eigenvalue weighted by atomic mass is 9.96. The third-order valence-electron chi connectivity index (χ3n) is 4.11. The SMILES string of the molecule is COc1cccc(-n2nc(C)c(C3CCNC3)c2C)c1. The van der Waals surface area contributed by atoms with Gasteiger partial charge in [-0.15, -0.1) is 0 Å². The molecule has 1 aliphatic rings. The van der Waals surface area contributed by atoms with Gasteiger partial charge in [0.05, 0.1) is 18.5 Å². The third kappa shape index (κ3) is 2.20. The van der Waals surface area contributed by atoms with Crippen LogP contribution in [0.15, 0.2) is 24.3 Å². The highest BCUT2D eigenvalue weighted by Gasteiger charge is 2.24. The molecule has 2 aromatic rings.